The lowest BCUT2D eigenvalue weighted by molar-refractivity contribution is -0.380. The van der Waals surface area contributed by atoms with Crippen LogP contribution in [0.15, 0.2) is 12.1 Å². The van der Waals surface area contributed by atoms with Gasteiger partial charge in [-0.1, -0.05) is 11.3 Å². The highest BCUT2D eigenvalue weighted by Crippen LogP contribution is 2.24. The normalized spacial score (nSPS) is 9.71. The number of carbonyl (C=O) groups excluding carboxylic acids is 1. The molecule has 6 nitrogen and oxygen atoms in total. The first kappa shape index (κ1) is 10.3. The molecule has 1 N–H and O–H groups in total. The number of nitro groups is 1. The summed E-state index contributed by atoms with van der Waals surface area (Å²) < 4.78 is 0. The number of rotatable bonds is 4. The molecule has 74 valence electrons. The monoisotopic (exact) mass is 215 g/mol. The van der Waals surface area contributed by atoms with Crippen molar-refractivity contribution in [1.82, 2.24) is 0 Å². The second-order valence-corrected chi connectivity index (χ2v) is 3.55. The highest BCUT2D eigenvalue weighted by molar-refractivity contribution is 7.15. The Labute approximate surface area is 81.9 Å². The van der Waals surface area contributed by atoms with Gasteiger partial charge in [0.15, 0.2) is 0 Å². The molecule has 0 saturated carbocycles. The summed E-state index contributed by atoms with van der Waals surface area (Å²) in [5.74, 6) is -2.50. The molecule has 0 aliphatic rings. The molecule has 0 aliphatic heterocycles. The fourth-order valence-electron chi connectivity index (χ4n) is 0.794. The molecule has 0 aliphatic carbocycles. The van der Waals surface area contributed by atoms with Crippen LogP contribution in [-0.2, 0) is 16.0 Å². The van der Waals surface area contributed by atoms with Gasteiger partial charge in [-0.25, -0.2) is 4.79 Å². The second kappa shape index (κ2) is 3.97. The third-order valence-electron chi connectivity index (χ3n) is 1.40. The molecule has 0 aromatic carbocycles. The Hall–Kier alpha value is -1.76. The van der Waals surface area contributed by atoms with Crippen LogP contribution in [0.1, 0.15) is 4.88 Å². The molecule has 0 amide bonds. The average molecular weight is 215 g/mol. The molecular weight excluding hydrogens is 210 g/mol. The summed E-state index contributed by atoms with van der Waals surface area (Å²) >= 11 is 0.803. The Kier molecular flexibility index (Phi) is 2.92. The Morgan fingerprint density at radius 2 is 2.14 bits per heavy atom. The first-order valence-corrected chi connectivity index (χ1v) is 4.31. The van der Waals surface area contributed by atoms with Crippen LogP contribution in [0, 0.1) is 10.1 Å². The summed E-state index contributed by atoms with van der Waals surface area (Å²) in [5, 5.41) is 18.4. The number of ketones is 1. The zero-order valence-electron chi connectivity index (χ0n) is 6.80. The van der Waals surface area contributed by atoms with E-state index in [1.54, 1.807) is 0 Å². The van der Waals surface area contributed by atoms with Crippen LogP contribution in [0.3, 0.4) is 0 Å². The van der Waals surface area contributed by atoms with E-state index in [0.717, 1.165) is 11.3 Å². The van der Waals surface area contributed by atoms with Gasteiger partial charge in [-0.05, 0) is 6.07 Å². The van der Waals surface area contributed by atoms with Crippen molar-refractivity contribution in [3.63, 3.8) is 0 Å². The molecule has 7 heteroatoms. The van der Waals surface area contributed by atoms with Gasteiger partial charge in [0.2, 0.25) is 5.78 Å². The number of carboxylic acids is 1. The van der Waals surface area contributed by atoms with Crippen molar-refractivity contribution in [3.8, 4) is 0 Å². The highest BCUT2D eigenvalue weighted by atomic mass is 32.1. The largest absolute Gasteiger partial charge is 0.475 e. The van der Waals surface area contributed by atoms with E-state index < -0.39 is 16.7 Å². The lowest BCUT2D eigenvalue weighted by atomic mass is 10.2. The average Bonchev–Trinajstić information content (AvgIpc) is 2.52. The first-order valence-electron chi connectivity index (χ1n) is 3.50. The zero-order valence-corrected chi connectivity index (χ0v) is 7.61. The van der Waals surface area contributed by atoms with Gasteiger partial charge in [-0.3, -0.25) is 14.9 Å². The van der Waals surface area contributed by atoms with Crippen LogP contribution >= 0.6 is 11.3 Å². The minimum absolute atomic E-state index is 0.0989. The Morgan fingerprint density at radius 3 is 2.57 bits per heavy atom. The molecule has 0 atom stereocenters. The molecular formula is C7H5NO5S. The van der Waals surface area contributed by atoms with Gasteiger partial charge in [0.1, 0.15) is 0 Å². The standard InChI is InChI=1S/C7H5NO5S/c9-5(7(10)11)3-4-1-2-6(14-4)8(12)13/h1-2H,3H2,(H,10,11). The van der Waals surface area contributed by atoms with Crippen LogP contribution < -0.4 is 0 Å². The van der Waals surface area contributed by atoms with E-state index in [-0.39, 0.29) is 11.4 Å². The van der Waals surface area contributed by atoms with Crippen LogP contribution in [0.5, 0.6) is 0 Å². The molecule has 0 saturated heterocycles. The maximum Gasteiger partial charge on any atom is 0.372 e. The number of carboxylic acid groups (broad SMARTS) is 1. The van der Waals surface area contributed by atoms with Crippen molar-refractivity contribution in [2.75, 3.05) is 0 Å². The molecule has 0 spiro atoms. The quantitative estimate of drug-likeness (QED) is 0.456. The van der Waals surface area contributed by atoms with Gasteiger partial charge in [0.05, 0.1) is 11.3 Å². The maximum atomic E-state index is 10.7. The van der Waals surface area contributed by atoms with Gasteiger partial charge in [0.25, 0.3) is 0 Å². The molecule has 1 rings (SSSR count). The number of carbonyl (C=O) groups is 2. The zero-order chi connectivity index (χ0) is 10.7. The lowest BCUT2D eigenvalue weighted by Gasteiger charge is -1.89. The molecule has 1 heterocycles. The molecule has 1 aromatic heterocycles. The van der Waals surface area contributed by atoms with Gasteiger partial charge in [-0.2, -0.15) is 0 Å². The number of Topliss-reactive ketones (excluding diaryl/α,β-unsaturated/α-hetero) is 1. The van der Waals surface area contributed by atoms with E-state index in [0.29, 0.717) is 4.88 Å². The van der Waals surface area contributed by atoms with E-state index in [1.165, 1.54) is 12.1 Å². The topological polar surface area (TPSA) is 97.5 Å². The summed E-state index contributed by atoms with van der Waals surface area (Å²) in [5.41, 5.74) is 0. The lowest BCUT2D eigenvalue weighted by Crippen LogP contribution is -2.14. The summed E-state index contributed by atoms with van der Waals surface area (Å²) in [7, 11) is 0. The van der Waals surface area contributed by atoms with Crippen molar-refractivity contribution in [2.24, 2.45) is 0 Å². The van der Waals surface area contributed by atoms with Gasteiger partial charge in [-0.15, -0.1) is 0 Å². The van der Waals surface area contributed by atoms with Crippen molar-refractivity contribution in [2.45, 2.75) is 6.42 Å². The number of aliphatic carboxylic acids is 1. The second-order valence-electron chi connectivity index (χ2n) is 2.40. The third-order valence-corrected chi connectivity index (χ3v) is 2.44. The number of hydrogen-bond donors (Lipinski definition) is 1. The molecule has 0 fully saturated rings. The predicted molar refractivity (Wildman–Crippen MR) is 47.3 cm³/mol. The number of nitrogens with zero attached hydrogens (tertiary/aromatic N) is 1. The SMILES string of the molecule is O=C(O)C(=O)Cc1ccc([N+](=O)[O-])s1. The molecule has 0 bridgehead atoms. The van der Waals surface area contributed by atoms with E-state index in [4.69, 9.17) is 5.11 Å². The highest BCUT2D eigenvalue weighted by Gasteiger charge is 2.16. The first-order chi connectivity index (χ1) is 6.50. The van der Waals surface area contributed by atoms with Gasteiger partial charge < -0.3 is 5.11 Å². The van der Waals surface area contributed by atoms with Crippen molar-refractivity contribution >= 4 is 28.1 Å². The number of hydrogen-bond acceptors (Lipinski definition) is 5. The van der Waals surface area contributed by atoms with E-state index in [1.807, 2.05) is 0 Å². The molecule has 1 aromatic rings. The Bertz CT molecular complexity index is 397. The summed E-state index contributed by atoms with van der Waals surface area (Å²) in [6.45, 7) is 0. The van der Waals surface area contributed by atoms with Crippen LogP contribution in [0.4, 0.5) is 5.00 Å². The summed E-state index contributed by atoms with van der Waals surface area (Å²) in [6.07, 6.45) is -0.298. The predicted octanol–water partition coefficient (Wildman–Crippen LogP) is 0.853. The van der Waals surface area contributed by atoms with Gasteiger partial charge in [0, 0.05) is 10.9 Å². The van der Waals surface area contributed by atoms with E-state index >= 15 is 0 Å². The van der Waals surface area contributed by atoms with Crippen molar-refractivity contribution in [3.05, 3.63) is 27.1 Å². The van der Waals surface area contributed by atoms with Crippen molar-refractivity contribution in [1.29, 1.82) is 0 Å². The minimum atomic E-state index is -1.53. The summed E-state index contributed by atoms with van der Waals surface area (Å²) in [4.78, 5) is 30.9. The fraction of sp³-hybridized carbons (Fsp3) is 0.143. The minimum Gasteiger partial charge on any atom is -0.475 e. The molecule has 0 radical (unpaired) electrons. The van der Waals surface area contributed by atoms with E-state index in [9.17, 15) is 19.7 Å². The van der Waals surface area contributed by atoms with Crippen molar-refractivity contribution < 1.29 is 19.6 Å². The maximum absolute atomic E-state index is 10.7. The summed E-state index contributed by atoms with van der Waals surface area (Å²) in [6, 6.07) is 2.62. The smallest absolute Gasteiger partial charge is 0.372 e. The molecule has 14 heavy (non-hydrogen) atoms. The molecule has 0 unspecified atom stereocenters. The van der Waals surface area contributed by atoms with Crippen LogP contribution in [-0.4, -0.2) is 21.8 Å². The number of thiophene rings is 1. The van der Waals surface area contributed by atoms with E-state index in [2.05, 4.69) is 0 Å². The Balaban J connectivity index is 2.74. The third kappa shape index (κ3) is 2.36. The van der Waals surface area contributed by atoms with Crippen LogP contribution in [0.25, 0.3) is 0 Å². The Morgan fingerprint density at radius 1 is 1.50 bits per heavy atom. The van der Waals surface area contributed by atoms with Crippen LogP contribution in [0.2, 0.25) is 0 Å². The fourth-order valence-corrected chi connectivity index (χ4v) is 1.61. The van der Waals surface area contributed by atoms with Gasteiger partial charge >= 0.3 is 11.0 Å².